The zero-order valence-corrected chi connectivity index (χ0v) is 18.4. The van der Waals surface area contributed by atoms with Gasteiger partial charge in [0.2, 0.25) is 0 Å². The summed E-state index contributed by atoms with van der Waals surface area (Å²) in [5, 5.41) is 2.23. The van der Waals surface area contributed by atoms with Crippen molar-refractivity contribution in [1.29, 1.82) is 0 Å². The van der Waals surface area contributed by atoms with Gasteiger partial charge in [-0.05, 0) is 35.4 Å². The minimum absolute atomic E-state index is 0.0934. The van der Waals surface area contributed by atoms with Crippen molar-refractivity contribution < 1.29 is 14.4 Å². The molecule has 1 saturated heterocycles. The van der Waals surface area contributed by atoms with Crippen molar-refractivity contribution in [2.24, 2.45) is 0 Å². The lowest BCUT2D eigenvalue weighted by atomic mass is 10.0. The number of likely N-dealkylation sites (N-methyl/N-ethyl adjacent to an activating group) is 1. The van der Waals surface area contributed by atoms with E-state index in [1.54, 1.807) is 6.08 Å². The van der Waals surface area contributed by atoms with E-state index in [1.807, 2.05) is 97.1 Å². The number of rotatable bonds is 4. The molecule has 6 nitrogen and oxygen atoms in total. The molecule has 0 radical (unpaired) electrons. The SMILES string of the molecule is CN1C(=O)NC(=O)C(=Cc2cc(-c3ccccc3)n(-c3ccccc3)c2-c2ccccc2)C1=O. The van der Waals surface area contributed by atoms with Gasteiger partial charge in [-0.25, -0.2) is 4.79 Å². The van der Waals surface area contributed by atoms with Crippen LogP contribution in [-0.4, -0.2) is 34.4 Å². The molecule has 1 aliphatic rings. The fourth-order valence-electron chi connectivity index (χ4n) is 4.10. The molecule has 4 aromatic rings. The number of carbonyl (C=O) groups is 3. The van der Waals surface area contributed by atoms with Gasteiger partial charge in [-0.15, -0.1) is 0 Å². The van der Waals surface area contributed by atoms with E-state index in [1.165, 1.54) is 7.05 Å². The van der Waals surface area contributed by atoms with Crippen LogP contribution in [0.25, 0.3) is 34.3 Å². The minimum Gasteiger partial charge on any atom is -0.309 e. The Morgan fingerprint density at radius 2 is 1.29 bits per heavy atom. The van der Waals surface area contributed by atoms with Gasteiger partial charge >= 0.3 is 6.03 Å². The Balaban J connectivity index is 1.82. The summed E-state index contributed by atoms with van der Waals surface area (Å²) in [6, 6.07) is 30.9. The van der Waals surface area contributed by atoms with E-state index < -0.39 is 17.8 Å². The summed E-state index contributed by atoms with van der Waals surface area (Å²) in [5.74, 6) is -1.35. The number of amides is 4. The number of nitrogens with one attached hydrogen (secondary N) is 1. The normalized spacial score (nSPS) is 15.0. The maximum atomic E-state index is 12.8. The van der Waals surface area contributed by atoms with Crippen LogP contribution in [0.1, 0.15) is 5.56 Å². The second-order valence-electron chi connectivity index (χ2n) is 7.92. The summed E-state index contributed by atoms with van der Waals surface area (Å²) >= 11 is 0. The zero-order valence-electron chi connectivity index (χ0n) is 18.4. The third-order valence-electron chi connectivity index (χ3n) is 5.77. The van der Waals surface area contributed by atoms with Gasteiger partial charge in [0.25, 0.3) is 11.8 Å². The number of barbiturate groups is 1. The predicted molar refractivity (Wildman–Crippen MR) is 131 cm³/mol. The average molecular weight is 447 g/mol. The van der Waals surface area contributed by atoms with E-state index in [-0.39, 0.29) is 5.57 Å². The smallest absolute Gasteiger partial charge is 0.309 e. The number of benzene rings is 3. The number of hydrogen-bond acceptors (Lipinski definition) is 3. The molecular weight excluding hydrogens is 426 g/mol. The summed E-state index contributed by atoms with van der Waals surface area (Å²) in [7, 11) is 1.35. The van der Waals surface area contributed by atoms with Gasteiger partial charge in [0.05, 0.1) is 11.4 Å². The molecule has 0 atom stereocenters. The molecule has 1 N–H and O–H groups in total. The Morgan fingerprint density at radius 1 is 0.735 bits per heavy atom. The lowest BCUT2D eigenvalue weighted by Gasteiger charge is -2.22. The summed E-state index contributed by atoms with van der Waals surface area (Å²) < 4.78 is 2.12. The first-order valence-corrected chi connectivity index (χ1v) is 10.8. The molecule has 0 bridgehead atoms. The Hall–Kier alpha value is -4.71. The van der Waals surface area contributed by atoms with E-state index in [0.29, 0.717) is 5.56 Å². The second-order valence-corrected chi connectivity index (χ2v) is 7.92. The average Bonchev–Trinajstić information content (AvgIpc) is 3.26. The van der Waals surface area contributed by atoms with Gasteiger partial charge in [-0.2, -0.15) is 0 Å². The van der Waals surface area contributed by atoms with E-state index in [9.17, 15) is 14.4 Å². The summed E-state index contributed by atoms with van der Waals surface area (Å²) in [6.45, 7) is 0. The highest BCUT2D eigenvalue weighted by Crippen LogP contribution is 2.37. The van der Waals surface area contributed by atoms with Crippen LogP contribution in [0.2, 0.25) is 0 Å². The largest absolute Gasteiger partial charge is 0.331 e. The molecule has 2 heterocycles. The summed E-state index contributed by atoms with van der Waals surface area (Å²) in [6.07, 6.45) is 1.56. The van der Waals surface area contributed by atoms with Crippen molar-refractivity contribution in [2.45, 2.75) is 0 Å². The van der Waals surface area contributed by atoms with Crippen LogP contribution < -0.4 is 5.32 Å². The lowest BCUT2D eigenvalue weighted by Crippen LogP contribution is -2.52. The van der Waals surface area contributed by atoms with Crippen molar-refractivity contribution in [3.05, 3.63) is 108 Å². The number of hydrogen-bond donors (Lipinski definition) is 1. The maximum absolute atomic E-state index is 12.8. The molecule has 0 spiro atoms. The van der Waals surface area contributed by atoms with Crippen LogP contribution >= 0.6 is 0 Å². The number of para-hydroxylation sites is 1. The van der Waals surface area contributed by atoms with Crippen molar-refractivity contribution in [1.82, 2.24) is 14.8 Å². The maximum Gasteiger partial charge on any atom is 0.331 e. The van der Waals surface area contributed by atoms with Crippen LogP contribution in [-0.2, 0) is 9.59 Å². The Bertz CT molecular complexity index is 1420. The highest BCUT2D eigenvalue weighted by atomic mass is 16.2. The first-order chi connectivity index (χ1) is 16.5. The van der Waals surface area contributed by atoms with E-state index >= 15 is 0 Å². The second kappa shape index (κ2) is 8.67. The Kier molecular flexibility index (Phi) is 5.40. The quantitative estimate of drug-likeness (QED) is 0.357. The van der Waals surface area contributed by atoms with Crippen molar-refractivity contribution >= 4 is 23.9 Å². The lowest BCUT2D eigenvalue weighted by molar-refractivity contribution is -0.129. The van der Waals surface area contributed by atoms with Crippen molar-refractivity contribution in [3.8, 4) is 28.2 Å². The molecule has 166 valence electrons. The van der Waals surface area contributed by atoms with E-state index in [4.69, 9.17) is 0 Å². The fourth-order valence-corrected chi connectivity index (χ4v) is 4.10. The zero-order chi connectivity index (χ0) is 23.7. The van der Waals surface area contributed by atoms with Crippen molar-refractivity contribution in [2.75, 3.05) is 7.05 Å². The number of urea groups is 1. The first kappa shape index (κ1) is 21.2. The molecule has 0 unspecified atom stereocenters. The molecule has 3 aromatic carbocycles. The predicted octanol–water partition coefficient (Wildman–Crippen LogP) is 4.90. The van der Waals surface area contributed by atoms with E-state index in [0.717, 1.165) is 33.1 Å². The molecule has 1 aromatic heterocycles. The third-order valence-corrected chi connectivity index (χ3v) is 5.77. The molecule has 6 heteroatoms. The van der Waals surface area contributed by atoms with E-state index in [2.05, 4.69) is 9.88 Å². The van der Waals surface area contributed by atoms with Gasteiger partial charge < -0.3 is 4.57 Å². The van der Waals surface area contributed by atoms with Gasteiger partial charge in [0.1, 0.15) is 5.57 Å². The van der Waals surface area contributed by atoms with Gasteiger partial charge in [-0.3, -0.25) is 19.8 Å². The minimum atomic E-state index is -0.734. The standard InChI is InChI=1S/C28H21N3O3/c1-30-27(33)23(26(32)29-28(30)34)17-21-18-24(19-11-5-2-6-12-19)31(22-15-9-4-10-16-22)25(21)20-13-7-3-8-14-20/h2-18H,1H3,(H,29,32,34). The topological polar surface area (TPSA) is 71.4 Å². The van der Waals surface area contributed by atoms with Crippen molar-refractivity contribution in [3.63, 3.8) is 0 Å². The molecular formula is C28H21N3O3. The fraction of sp³-hybridized carbons (Fsp3) is 0.0357. The Labute approximate surface area is 196 Å². The molecule has 0 aliphatic carbocycles. The highest BCUT2D eigenvalue weighted by Gasteiger charge is 2.33. The molecule has 1 fully saturated rings. The first-order valence-electron chi connectivity index (χ1n) is 10.8. The van der Waals surface area contributed by atoms with Gasteiger partial charge in [0, 0.05) is 18.3 Å². The summed E-state index contributed by atoms with van der Waals surface area (Å²) in [4.78, 5) is 38.2. The molecule has 4 amide bonds. The number of nitrogens with zero attached hydrogens (tertiary/aromatic N) is 2. The third kappa shape index (κ3) is 3.71. The number of carbonyl (C=O) groups excluding carboxylic acids is 3. The van der Waals surface area contributed by atoms with Crippen LogP contribution in [0.15, 0.2) is 103 Å². The van der Waals surface area contributed by atoms with Crippen LogP contribution in [0.5, 0.6) is 0 Å². The van der Waals surface area contributed by atoms with Gasteiger partial charge in [-0.1, -0.05) is 78.9 Å². The molecule has 0 saturated carbocycles. The number of imide groups is 2. The summed E-state index contributed by atoms with van der Waals surface area (Å²) in [5.41, 5.74) is 5.19. The van der Waals surface area contributed by atoms with Crippen LogP contribution in [0, 0.1) is 0 Å². The molecule has 1 aliphatic heterocycles. The monoisotopic (exact) mass is 447 g/mol. The molecule has 5 rings (SSSR count). The Morgan fingerprint density at radius 3 is 1.91 bits per heavy atom. The molecule has 34 heavy (non-hydrogen) atoms. The van der Waals surface area contributed by atoms with Gasteiger partial charge in [0.15, 0.2) is 0 Å². The highest BCUT2D eigenvalue weighted by molar-refractivity contribution is 6.31. The number of aromatic nitrogens is 1. The van der Waals surface area contributed by atoms with Crippen LogP contribution in [0.3, 0.4) is 0 Å². The van der Waals surface area contributed by atoms with Crippen LogP contribution in [0.4, 0.5) is 4.79 Å².